The van der Waals surface area contributed by atoms with Gasteiger partial charge in [0.25, 0.3) is 0 Å². The Hall–Kier alpha value is -0.860. The first kappa shape index (κ1) is 9.14. The van der Waals surface area contributed by atoms with E-state index in [9.17, 15) is 9.59 Å². The van der Waals surface area contributed by atoms with Crippen molar-refractivity contribution in [3.63, 3.8) is 0 Å². The highest BCUT2D eigenvalue weighted by molar-refractivity contribution is 5.64. The molecule has 1 atom stereocenters. The molecule has 0 aliphatic carbocycles. The Bertz CT molecular complexity index is 126. The number of hydrogen-bond donors (Lipinski definition) is 1. The van der Waals surface area contributed by atoms with E-state index in [1.165, 1.54) is 0 Å². The summed E-state index contributed by atoms with van der Waals surface area (Å²) in [6.45, 7) is 5.67. The van der Waals surface area contributed by atoms with Crippen LogP contribution in [0.25, 0.3) is 0 Å². The first-order valence-corrected chi connectivity index (χ1v) is 3.17. The van der Waals surface area contributed by atoms with E-state index in [-0.39, 0.29) is 11.5 Å². The van der Waals surface area contributed by atoms with Crippen molar-refractivity contribution in [2.75, 3.05) is 0 Å². The zero-order valence-electron chi connectivity index (χ0n) is 6.55. The molecular weight excluding hydrogens is 130 g/mol. The number of nitrogens with one attached hydrogen (secondary N) is 1. The molecule has 0 aromatic rings. The van der Waals surface area contributed by atoms with Crippen LogP contribution in [0, 0.1) is 5.41 Å². The Balaban J connectivity index is 4.05. The normalized spacial score (nSPS) is 13.9. The van der Waals surface area contributed by atoms with Gasteiger partial charge in [-0.1, -0.05) is 20.8 Å². The second-order valence-electron chi connectivity index (χ2n) is 3.26. The maximum atomic E-state index is 10.3. The third kappa shape index (κ3) is 2.62. The highest BCUT2D eigenvalue weighted by Gasteiger charge is 2.22. The van der Waals surface area contributed by atoms with Crippen LogP contribution in [-0.2, 0) is 9.59 Å². The summed E-state index contributed by atoms with van der Waals surface area (Å²) in [5, 5.41) is 2.42. The zero-order valence-corrected chi connectivity index (χ0v) is 6.55. The average molecular weight is 143 g/mol. The van der Waals surface area contributed by atoms with Gasteiger partial charge in [0.05, 0.1) is 6.04 Å². The molecule has 0 aromatic carbocycles. The third-order valence-electron chi connectivity index (χ3n) is 1.32. The van der Waals surface area contributed by atoms with E-state index in [0.717, 1.165) is 6.29 Å². The molecule has 0 rings (SSSR count). The fourth-order valence-corrected chi connectivity index (χ4v) is 0.567. The van der Waals surface area contributed by atoms with Crippen molar-refractivity contribution in [2.45, 2.75) is 26.8 Å². The molecule has 3 nitrogen and oxygen atoms in total. The highest BCUT2D eigenvalue weighted by Crippen LogP contribution is 2.16. The zero-order chi connectivity index (χ0) is 8.20. The van der Waals surface area contributed by atoms with E-state index in [0.29, 0.717) is 6.41 Å². The van der Waals surface area contributed by atoms with Crippen LogP contribution in [0.5, 0.6) is 0 Å². The van der Waals surface area contributed by atoms with Crippen LogP contribution >= 0.6 is 0 Å². The maximum Gasteiger partial charge on any atom is 0.207 e. The Kier molecular flexibility index (Phi) is 3.06. The number of amides is 1. The molecule has 0 saturated carbocycles. The molecule has 0 bridgehead atoms. The van der Waals surface area contributed by atoms with Crippen LogP contribution in [0.15, 0.2) is 0 Å². The second-order valence-corrected chi connectivity index (χ2v) is 3.26. The Labute approximate surface area is 60.8 Å². The van der Waals surface area contributed by atoms with Crippen molar-refractivity contribution in [3.05, 3.63) is 0 Å². The fraction of sp³-hybridized carbons (Fsp3) is 0.714. The summed E-state index contributed by atoms with van der Waals surface area (Å²) in [6, 6.07) is -0.384. The summed E-state index contributed by atoms with van der Waals surface area (Å²) in [7, 11) is 0. The van der Waals surface area contributed by atoms with Crippen LogP contribution in [0.1, 0.15) is 20.8 Å². The monoisotopic (exact) mass is 143 g/mol. The van der Waals surface area contributed by atoms with Crippen LogP contribution in [-0.4, -0.2) is 18.7 Å². The third-order valence-corrected chi connectivity index (χ3v) is 1.32. The largest absolute Gasteiger partial charge is 0.349 e. The highest BCUT2D eigenvalue weighted by atomic mass is 16.1. The van der Waals surface area contributed by atoms with E-state index >= 15 is 0 Å². The van der Waals surface area contributed by atoms with Gasteiger partial charge in [-0.3, -0.25) is 4.79 Å². The quantitative estimate of drug-likeness (QED) is 0.579. The summed E-state index contributed by atoms with van der Waals surface area (Å²) in [4.78, 5) is 20.3. The molecule has 0 radical (unpaired) electrons. The predicted molar refractivity (Wildman–Crippen MR) is 38.5 cm³/mol. The van der Waals surface area contributed by atoms with Crippen molar-refractivity contribution in [3.8, 4) is 0 Å². The van der Waals surface area contributed by atoms with Gasteiger partial charge < -0.3 is 10.1 Å². The first-order valence-electron chi connectivity index (χ1n) is 3.17. The minimum atomic E-state index is -0.384. The van der Waals surface area contributed by atoms with Crippen molar-refractivity contribution < 1.29 is 9.59 Å². The molecule has 0 spiro atoms. The molecule has 10 heavy (non-hydrogen) atoms. The van der Waals surface area contributed by atoms with Crippen LogP contribution < -0.4 is 5.32 Å². The van der Waals surface area contributed by atoms with Gasteiger partial charge in [-0.2, -0.15) is 0 Å². The van der Waals surface area contributed by atoms with Gasteiger partial charge in [0.2, 0.25) is 6.41 Å². The van der Waals surface area contributed by atoms with Crippen LogP contribution in [0.3, 0.4) is 0 Å². The summed E-state index contributed by atoms with van der Waals surface area (Å²) in [6.07, 6.45) is 1.29. The van der Waals surface area contributed by atoms with Gasteiger partial charge in [0.15, 0.2) is 0 Å². The summed E-state index contributed by atoms with van der Waals surface area (Å²) >= 11 is 0. The number of aldehydes is 1. The lowest BCUT2D eigenvalue weighted by Gasteiger charge is -2.24. The molecule has 0 aliphatic rings. The molecule has 1 N–H and O–H groups in total. The molecule has 58 valence electrons. The summed E-state index contributed by atoms with van der Waals surface area (Å²) in [5.74, 6) is 0. The SMILES string of the molecule is CC(C)(C)[C@@H](C=O)NC=O. The first-order chi connectivity index (χ1) is 4.52. The molecular formula is C7H13NO2. The molecule has 0 fully saturated rings. The Morgan fingerprint density at radius 3 is 1.90 bits per heavy atom. The van der Waals surface area contributed by atoms with Crippen molar-refractivity contribution in [1.29, 1.82) is 0 Å². The molecule has 0 aliphatic heterocycles. The van der Waals surface area contributed by atoms with Gasteiger partial charge in [-0.15, -0.1) is 0 Å². The number of rotatable bonds is 3. The van der Waals surface area contributed by atoms with Gasteiger partial charge in [-0.05, 0) is 5.41 Å². The maximum absolute atomic E-state index is 10.3. The minimum Gasteiger partial charge on any atom is -0.349 e. The molecule has 1 amide bonds. The average Bonchev–Trinajstić information content (AvgIpc) is 1.80. The topological polar surface area (TPSA) is 46.2 Å². The molecule has 3 heteroatoms. The standard InChI is InChI=1S/C7H13NO2/c1-7(2,3)6(4-9)8-5-10/h4-6H,1-3H3,(H,8,10)/t6-/m1/s1. The van der Waals surface area contributed by atoms with E-state index < -0.39 is 0 Å². The Morgan fingerprint density at radius 1 is 1.30 bits per heavy atom. The predicted octanol–water partition coefficient (Wildman–Crippen LogP) is 0.346. The van der Waals surface area contributed by atoms with Crippen molar-refractivity contribution in [2.24, 2.45) is 5.41 Å². The lowest BCUT2D eigenvalue weighted by Crippen LogP contribution is -2.40. The van der Waals surface area contributed by atoms with E-state index in [4.69, 9.17) is 0 Å². The number of hydrogen-bond acceptors (Lipinski definition) is 2. The van der Waals surface area contributed by atoms with Gasteiger partial charge in [-0.25, -0.2) is 0 Å². The van der Waals surface area contributed by atoms with E-state index in [1.807, 2.05) is 20.8 Å². The lowest BCUT2D eigenvalue weighted by molar-refractivity contribution is -0.117. The van der Waals surface area contributed by atoms with Crippen LogP contribution in [0.2, 0.25) is 0 Å². The van der Waals surface area contributed by atoms with Crippen molar-refractivity contribution >= 4 is 12.7 Å². The van der Waals surface area contributed by atoms with Gasteiger partial charge >= 0.3 is 0 Å². The Morgan fingerprint density at radius 2 is 1.80 bits per heavy atom. The lowest BCUT2D eigenvalue weighted by atomic mass is 9.88. The second kappa shape index (κ2) is 3.34. The summed E-state index contributed by atoms with van der Waals surface area (Å²) in [5.41, 5.74) is -0.192. The van der Waals surface area contributed by atoms with Gasteiger partial charge in [0.1, 0.15) is 6.29 Å². The fourth-order valence-electron chi connectivity index (χ4n) is 0.567. The smallest absolute Gasteiger partial charge is 0.207 e. The number of carbonyl (C=O) groups is 2. The van der Waals surface area contributed by atoms with Gasteiger partial charge in [0, 0.05) is 0 Å². The molecule has 0 saturated heterocycles. The molecule has 0 heterocycles. The van der Waals surface area contributed by atoms with Crippen molar-refractivity contribution in [1.82, 2.24) is 5.32 Å². The molecule has 0 aromatic heterocycles. The van der Waals surface area contributed by atoms with E-state index in [2.05, 4.69) is 5.32 Å². The van der Waals surface area contributed by atoms with Crippen LogP contribution in [0.4, 0.5) is 0 Å². The number of carbonyl (C=O) groups excluding carboxylic acids is 2. The summed E-state index contributed by atoms with van der Waals surface area (Å²) < 4.78 is 0. The molecule has 0 unspecified atom stereocenters. The van der Waals surface area contributed by atoms with E-state index in [1.54, 1.807) is 0 Å². The minimum absolute atomic E-state index is 0.192.